The maximum absolute atomic E-state index is 5.91. The number of aryl methyl sites for hydroxylation is 1. The molecule has 2 aromatic carbocycles. The summed E-state index contributed by atoms with van der Waals surface area (Å²) in [4.78, 5) is 1.26. The molecule has 0 saturated heterocycles. The van der Waals surface area contributed by atoms with Crippen LogP contribution in [0.25, 0.3) is 0 Å². The Labute approximate surface area is 127 Å². The van der Waals surface area contributed by atoms with Crippen molar-refractivity contribution in [2.24, 2.45) is 5.73 Å². The minimum absolute atomic E-state index is 0.0600. The molecule has 1 atom stereocenters. The summed E-state index contributed by atoms with van der Waals surface area (Å²) in [6, 6.07) is 15.0. The lowest BCUT2D eigenvalue weighted by molar-refractivity contribution is 0.811. The van der Waals surface area contributed by atoms with Crippen molar-refractivity contribution in [3.8, 4) is 0 Å². The number of thioether (sulfide) groups is 1. The minimum atomic E-state index is 0.0600. The molecule has 0 aromatic heterocycles. The average Bonchev–Trinajstić information content (AvgIpc) is 2.37. The molecule has 1 nitrogen and oxygen atoms in total. The third-order valence-electron chi connectivity index (χ3n) is 3.12. The SMILES string of the molecule is Cc1ccccc1CSc1ccc(C(C)N)c(Br)c1. The molecule has 19 heavy (non-hydrogen) atoms. The molecule has 0 aliphatic heterocycles. The fourth-order valence-corrected chi connectivity index (χ4v) is 3.80. The molecule has 0 saturated carbocycles. The van der Waals surface area contributed by atoms with Gasteiger partial charge in [0.1, 0.15) is 0 Å². The Morgan fingerprint density at radius 2 is 1.95 bits per heavy atom. The molecular formula is C16H18BrNS. The molecule has 1 unspecified atom stereocenters. The lowest BCUT2D eigenvalue weighted by atomic mass is 10.1. The molecule has 0 amide bonds. The van der Waals surface area contributed by atoms with Gasteiger partial charge >= 0.3 is 0 Å². The molecule has 2 rings (SSSR count). The van der Waals surface area contributed by atoms with Crippen molar-refractivity contribution < 1.29 is 0 Å². The van der Waals surface area contributed by atoms with Gasteiger partial charge in [0.15, 0.2) is 0 Å². The van der Waals surface area contributed by atoms with Crippen molar-refractivity contribution >= 4 is 27.7 Å². The monoisotopic (exact) mass is 335 g/mol. The molecule has 2 aromatic rings. The van der Waals surface area contributed by atoms with Crippen LogP contribution in [0, 0.1) is 6.92 Å². The van der Waals surface area contributed by atoms with Gasteiger partial charge in [-0.1, -0.05) is 46.3 Å². The number of hydrogen-bond donors (Lipinski definition) is 1. The third-order valence-corrected chi connectivity index (χ3v) is 4.85. The molecule has 3 heteroatoms. The molecule has 0 aliphatic rings. The Bertz CT molecular complexity index is 566. The van der Waals surface area contributed by atoms with Crippen LogP contribution in [0.1, 0.15) is 29.7 Å². The number of halogens is 1. The van der Waals surface area contributed by atoms with Gasteiger partial charge in [-0.15, -0.1) is 11.8 Å². The zero-order valence-corrected chi connectivity index (χ0v) is 13.6. The zero-order valence-electron chi connectivity index (χ0n) is 11.2. The van der Waals surface area contributed by atoms with Gasteiger partial charge in [0.2, 0.25) is 0 Å². The maximum atomic E-state index is 5.91. The van der Waals surface area contributed by atoms with Crippen LogP contribution in [0.4, 0.5) is 0 Å². The Kier molecular flexibility index (Phi) is 5.08. The van der Waals surface area contributed by atoms with Gasteiger partial charge in [0.05, 0.1) is 0 Å². The summed E-state index contributed by atoms with van der Waals surface area (Å²) in [7, 11) is 0. The fraction of sp³-hybridized carbons (Fsp3) is 0.250. The van der Waals surface area contributed by atoms with Crippen molar-refractivity contribution in [1.29, 1.82) is 0 Å². The van der Waals surface area contributed by atoms with E-state index in [2.05, 4.69) is 65.3 Å². The van der Waals surface area contributed by atoms with Gasteiger partial charge in [0.25, 0.3) is 0 Å². The van der Waals surface area contributed by atoms with E-state index >= 15 is 0 Å². The van der Waals surface area contributed by atoms with Crippen LogP contribution < -0.4 is 5.73 Å². The van der Waals surface area contributed by atoms with E-state index in [4.69, 9.17) is 5.73 Å². The second-order valence-corrected chi connectivity index (χ2v) is 6.59. The summed E-state index contributed by atoms with van der Waals surface area (Å²) in [5, 5.41) is 0. The van der Waals surface area contributed by atoms with Gasteiger partial charge in [-0.05, 0) is 42.7 Å². The lowest BCUT2D eigenvalue weighted by Crippen LogP contribution is -2.05. The molecule has 0 aliphatic carbocycles. The van der Waals surface area contributed by atoms with Crippen molar-refractivity contribution in [3.05, 3.63) is 63.6 Å². The smallest absolute Gasteiger partial charge is 0.0277 e. The minimum Gasteiger partial charge on any atom is -0.324 e. The summed E-state index contributed by atoms with van der Waals surface area (Å²) in [6.07, 6.45) is 0. The summed E-state index contributed by atoms with van der Waals surface area (Å²) in [5.41, 5.74) is 9.80. The second kappa shape index (κ2) is 6.60. The first-order valence-electron chi connectivity index (χ1n) is 6.30. The van der Waals surface area contributed by atoms with Crippen molar-refractivity contribution in [2.75, 3.05) is 0 Å². The fourth-order valence-electron chi connectivity index (χ4n) is 1.90. The van der Waals surface area contributed by atoms with Crippen LogP contribution in [-0.2, 0) is 5.75 Å². The summed E-state index contributed by atoms with van der Waals surface area (Å²) in [6.45, 7) is 4.16. The van der Waals surface area contributed by atoms with E-state index < -0.39 is 0 Å². The molecule has 0 heterocycles. The summed E-state index contributed by atoms with van der Waals surface area (Å²) < 4.78 is 1.09. The van der Waals surface area contributed by atoms with Gasteiger partial charge in [0, 0.05) is 21.2 Å². The van der Waals surface area contributed by atoms with Crippen LogP contribution in [0.5, 0.6) is 0 Å². The van der Waals surface area contributed by atoms with E-state index in [9.17, 15) is 0 Å². The third kappa shape index (κ3) is 3.85. The van der Waals surface area contributed by atoms with Crippen LogP contribution >= 0.6 is 27.7 Å². The molecular weight excluding hydrogens is 318 g/mol. The van der Waals surface area contributed by atoms with Crippen molar-refractivity contribution in [3.63, 3.8) is 0 Å². The van der Waals surface area contributed by atoms with Crippen LogP contribution in [0.2, 0.25) is 0 Å². The normalized spacial score (nSPS) is 12.4. The molecule has 0 radical (unpaired) electrons. The van der Waals surface area contributed by atoms with Gasteiger partial charge in [-0.2, -0.15) is 0 Å². The van der Waals surface area contributed by atoms with Crippen LogP contribution in [0.3, 0.4) is 0 Å². The van der Waals surface area contributed by atoms with E-state index in [1.807, 2.05) is 18.7 Å². The van der Waals surface area contributed by atoms with Gasteiger partial charge < -0.3 is 5.73 Å². The summed E-state index contributed by atoms with van der Waals surface area (Å²) in [5.74, 6) is 0.997. The Balaban J connectivity index is 2.08. The first-order chi connectivity index (χ1) is 9.08. The molecule has 100 valence electrons. The van der Waals surface area contributed by atoms with E-state index in [-0.39, 0.29) is 6.04 Å². The van der Waals surface area contributed by atoms with E-state index in [0.717, 1.165) is 15.8 Å². The Hall–Kier alpha value is -0.770. The van der Waals surface area contributed by atoms with Crippen LogP contribution in [0.15, 0.2) is 51.8 Å². The highest BCUT2D eigenvalue weighted by Crippen LogP contribution is 2.30. The largest absolute Gasteiger partial charge is 0.324 e. The highest BCUT2D eigenvalue weighted by Gasteiger charge is 2.06. The number of benzene rings is 2. The van der Waals surface area contributed by atoms with Crippen molar-refractivity contribution in [2.45, 2.75) is 30.5 Å². The highest BCUT2D eigenvalue weighted by molar-refractivity contribution is 9.10. The Morgan fingerprint density at radius 1 is 1.21 bits per heavy atom. The first-order valence-corrected chi connectivity index (χ1v) is 8.08. The first kappa shape index (κ1) is 14.6. The quantitative estimate of drug-likeness (QED) is 0.789. The second-order valence-electron chi connectivity index (χ2n) is 4.69. The predicted molar refractivity (Wildman–Crippen MR) is 87.5 cm³/mol. The predicted octanol–water partition coefficient (Wildman–Crippen LogP) is 5.07. The summed E-state index contributed by atoms with van der Waals surface area (Å²) >= 11 is 5.45. The van der Waals surface area contributed by atoms with Crippen molar-refractivity contribution in [1.82, 2.24) is 0 Å². The standard InChI is InChI=1S/C16H18BrNS/c1-11-5-3-4-6-13(11)10-19-14-7-8-15(12(2)18)16(17)9-14/h3-9,12H,10,18H2,1-2H3. The zero-order chi connectivity index (χ0) is 13.8. The maximum Gasteiger partial charge on any atom is 0.0277 e. The lowest BCUT2D eigenvalue weighted by Gasteiger charge is -2.10. The van der Waals surface area contributed by atoms with Gasteiger partial charge in [-0.3, -0.25) is 0 Å². The highest BCUT2D eigenvalue weighted by atomic mass is 79.9. The number of rotatable bonds is 4. The topological polar surface area (TPSA) is 26.0 Å². The molecule has 0 fully saturated rings. The number of hydrogen-bond acceptors (Lipinski definition) is 2. The average molecular weight is 336 g/mol. The van der Waals surface area contributed by atoms with E-state index in [1.165, 1.54) is 16.0 Å². The van der Waals surface area contributed by atoms with E-state index in [0.29, 0.717) is 0 Å². The van der Waals surface area contributed by atoms with Crippen LogP contribution in [-0.4, -0.2) is 0 Å². The molecule has 0 bridgehead atoms. The number of nitrogens with two attached hydrogens (primary N) is 1. The van der Waals surface area contributed by atoms with E-state index in [1.54, 1.807) is 0 Å². The Morgan fingerprint density at radius 3 is 2.58 bits per heavy atom. The molecule has 0 spiro atoms. The van der Waals surface area contributed by atoms with Gasteiger partial charge in [-0.25, -0.2) is 0 Å². The molecule has 2 N–H and O–H groups in total.